The predicted molar refractivity (Wildman–Crippen MR) is 97.8 cm³/mol. The van der Waals surface area contributed by atoms with E-state index in [1.807, 2.05) is 38.1 Å². The van der Waals surface area contributed by atoms with Gasteiger partial charge in [-0.25, -0.2) is 8.42 Å². The number of amides is 1. The number of carbonyl (C=O) groups excluding carboxylic acids is 1. The molecule has 0 saturated carbocycles. The molecule has 0 aliphatic carbocycles. The Hall–Kier alpha value is -2.12. The van der Waals surface area contributed by atoms with Gasteiger partial charge in [0.25, 0.3) is 0 Å². The minimum absolute atomic E-state index is 0.107. The zero-order chi connectivity index (χ0) is 18.4. The summed E-state index contributed by atoms with van der Waals surface area (Å²) < 4.78 is 30.4. The summed E-state index contributed by atoms with van der Waals surface area (Å²) in [7, 11) is -3.44. The van der Waals surface area contributed by atoms with Gasteiger partial charge in [-0.2, -0.15) is 4.31 Å². The highest BCUT2D eigenvalue weighted by Gasteiger charge is 2.21. The van der Waals surface area contributed by atoms with E-state index in [9.17, 15) is 13.2 Å². The maximum Gasteiger partial charge on any atom is 0.228 e. The number of rotatable bonds is 8. The Kier molecular flexibility index (Phi) is 6.39. The Balaban J connectivity index is 2.06. The molecule has 1 aromatic carbocycles. The molecule has 1 amide bonds. The summed E-state index contributed by atoms with van der Waals surface area (Å²) in [6, 6.07) is 11.1. The first kappa shape index (κ1) is 19.2. The van der Waals surface area contributed by atoms with Crippen LogP contribution in [0.15, 0.2) is 47.1 Å². The molecule has 0 aliphatic heterocycles. The maximum absolute atomic E-state index is 12.6. The lowest BCUT2D eigenvalue weighted by atomic mass is 10.2. The second-order valence-electron chi connectivity index (χ2n) is 5.90. The summed E-state index contributed by atoms with van der Waals surface area (Å²) in [4.78, 5) is 14.3. The fraction of sp³-hybridized carbons (Fsp3) is 0.389. The van der Waals surface area contributed by atoms with Crippen molar-refractivity contribution in [3.8, 4) is 0 Å². The molecule has 0 aliphatic rings. The van der Waals surface area contributed by atoms with Crippen LogP contribution in [0.25, 0.3) is 0 Å². The second kappa shape index (κ2) is 8.31. The van der Waals surface area contributed by atoms with Gasteiger partial charge < -0.3 is 9.32 Å². The lowest BCUT2D eigenvalue weighted by molar-refractivity contribution is -0.118. The molecule has 1 heterocycles. The minimum Gasteiger partial charge on any atom is -0.468 e. The molecule has 136 valence electrons. The Morgan fingerprint density at radius 1 is 1.20 bits per heavy atom. The van der Waals surface area contributed by atoms with Crippen LogP contribution in [-0.2, 0) is 21.4 Å². The van der Waals surface area contributed by atoms with E-state index < -0.39 is 10.0 Å². The van der Waals surface area contributed by atoms with Gasteiger partial charge >= 0.3 is 0 Å². The zero-order valence-corrected chi connectivity index (χ0v) is 15.6. The number of hydrogen-bond acceptors (Lipinski definition) is 4. The van der Waals surface area contributed by atoms with E-state index in [1.54, 1.807) is 17.0 Å². The number of aryl methyl sites for hydroxylation is 1. The predicted octanol–water partition coefficient (Wildman–Crippen LogP) is 2.79. The third-order valence-corrected chi connectivity index (χ3v) is 5.14. The van der Waals surface area contributed by atoms with E-state index in [1.165, 1.54) is 10.6 Å². The van der Waals surface area contributed by atoms with Crippen molar-refractivity contribution in [3.05, 3.63) is 54.0 Å². The van der Waals surface area contributed by atoms with Gasteiger partial charge in [0, 0.05) is 25.2 Å². The Morgan fingerprint density at radius 2 is 1.96 bits per heavy atom. The van der Waals surface area contributed by atoms with Crippen molar-refractivity contribution in [3.63, 3.8) is 0 Å². The number of nitrogens with zero attached hydrogens (tertiary/aromatic N) is 2. The fourth-order valence-corrected chi connectivity index (χ4v) is 3.38. The first-order valence-corrected chi connectivity index (χ1v) is 10.0. The lowest BCUT2D eigenvalue weighted by Gasteiger charge is -2.24. The number of furan rings is 1. The zero-order valence-electron chi connectivity index (χ0n) is 14.8. The Morgan fingerprint density at radius 3 is 2.52 bits per heavy atom. The summed E-state index contributed by atoms with van der Waals surface area (Å²) in [6.45, 7) is 4.63. The number of benzene rings is 1. The molecule has 0 spiro atoms. The van der Waals surface area contributed by atoms with Crippen LogP contribution in [0.5, 0.6) is 0 Å². The topological polar surface area (TPSA) is 70.8 Å². The highest BCUT2D eigenvalue weighted by molar-refractivity contribution is 7.88. The van der Waals surface area contributed by atoms with E-state index in [-0.39, 0.29) is 25.4 Å². The largest absolute Gasteiger partial charge is 0.468 e. The van der Waals surface area contributed by atoms with Crippen molar-refractivity contribution < 1.29 is 17.6 Å². The highest BCUT2D eigenvalue weighted by atomic mass is 32.2. The van der Waals surface area contributed by atoms with Gasteiger partial charge in [0.1, 0.15) is 5.76 Å². The van der Waals surface area contributed by atoms with E-state index in [4.69, 9.17) is 4.42 Å². The van der Waals surface area contributed by atoms with Crippen LogP contribution >= 0.6 is 0 Å². The van der Waals surface area contributed by atoms with Gasteiger partial charge in [0.05, 0.1) is 19.1 Å². The van der Waals surface area contributed by atoms with E-state index >= 15 is 0 Å². The number of hydrogen-bond donors (Lipinski definition) is 0. The Labute approximate surface area is 149 Å². The van der Waals surface area contributed by atoms with Gasteiger partial charge in [-0.3, -0.25) is 4.79 Å². The smallest absolute Gasteiger partial charge is 0.228 e. The fourth-order valence-electron chi connectivity index (χ4n) is 2.59. The van der Waals surface area contributed by atoms with Crippen LogP contribution in [0.1, 0.15) is 24.7 Å². The molecule has 0 atom stereocenters. The normalized spacial score (nSPS) is 11.7. The van der Waals surface area contributed by atoms with Crippen LogP contribution in [-0.4, -0.2) is 38.0 Å². The molecule has 0 unspecified atom stereocenters. The van der Waals surface area contributed by atoms with Crippen molar-refractivity contribution in [1.82, 2.24) is 4.31 Å². The van der Waals surface area contributed by atoms with Crippen molar-refractivity contribution in [2.24, 2.45) is 0 Å². The van der Waals surface area contributed by atoms with Gasteiger partial charge in [-0.05, 0) is 43.7 Å². The molecule has 25 heavy (non-hydrogen) atoms. The van der Waals surface area contributed by atoms with Gasteiger partial charge in [-0.1, -0.05) is 12.1 Å². The van der Waals surface area contributed by atoms with E-state index in [2.05, 4.69) is 0 Å². The molecule has 0 N–H and O–H groups in total. The number of anilines is 1. The third kappa shape index (κ3) is 5.44. The van der Waals surface area contributed by atoms with Crippen LogP contribution < -0.4 is 4.90 Å². The first-order chi connectivity index (χ1) is 11.8. The summed E-state index contributed by atoms with van der Waals surface area (Å²) in [5.41, 5.74) is 1.89. The third-order valence-electron chi connectivity index (χ3n) is 3.89. The van der Waals surface area contributed by atoms with E-state index in [0.717, 1.165) is 17.5 Å². The number of sulfonamides is 1. The van der Waals surface area contributed by atoms with Gasteiger partial charge in [-0.15, -0.1) is 0 Å². The monoisotopic (exact) mass is 364 g/mol. The molecule has 7 heteroatoms. The second-order valence-corrected chi connectivity index (χ2v) is 7.89. The molecule has 0 bridgehead atoms. The molecule has 2 rings (SSSR count). The molecule has 2 aromatic rings. The average molecular weight is 364 g/mol. The van der Waals surface area contributed by atoms with E-state index in [0.29, 0.717) is 12.3 Å². The molecule has 0 radical (unpaired) electrons. The SMILES string of the molecule is CCN(C(=O)CCN(Cc1ccco1)S(C)(=O)=O)c1cccc(C)c1. The van der Waals surface area contributed by atoms with Crippen LogP contribution in [0.3, 0.4) is 0 Å². The summed E-state index contributed by atoms with van der Waals surface area (Å²) in [5, 5.41) is 0. The summed E-state index contributed by atoms with van der Waals surface area (Å²) in [6.07, 6.45) is 2.74. The molecule has 0 fully saturated rings. The molecular formula is C18H24N2O4S. The van der Waals surface area contributed by atoms with Gasteiger partial charge in [0.15, 0.2) is 0 Å². The lowest BCUT2D eigenvalue weighted by Crippen LogP contribution is -2.36. The van der Waals surface area contributed by atoms with Crippen molar-refractivity contribution in [2.45, 2.75) is 26.8 Å². The Bertz CT molecular complexity index is 800. The summed E-state index contributed by atoms with van der Waals surface area (Å²) in [5.74, 6) is 0.435. The summed E-state index contributed by atoms with van der Waals surface area (Å²) >= 11 is 0. The first-order valence-electron chi connectivity index (χ1n) is 8.15. The van der Waals surface area contributed by atoms with Crippen LogP contribution in [0.4, 0.5) is 5.69 Å². The molecule has 6 nitrogen and oxygen atoms in total. The molecular weight excluding hydrogens is 340 g/mol. The maximum atomic E-state index is 12.6. The van der Waals surface area contributed by atoms with Crippen LogP contribution in [0, 0.1) is 6.92 Å². The highest BCUT2D eigenvalue weighted by Crippen LogP contribution is 2.17. The van der Waals surface area contributed by atoms with Crippen molar-refractivity contribution >= 4 is 21.6 Å². The standard InChI is InChI=1S/C18H24N2O4S/c1-4-20(16-8-5-7-15(2)13-16)18(21)10-11-19(25(3,22)23)14-17-9-6-12-24-17/h5-9,12-13H,4,10-11,14H2,1-3H3. The molecule has 1 aromatic heterocycles. The van der Waals surface area contributed by atoms with Crippen molar-refractivity contribution in [2.75, 3.05) is 24.2 Å². The number of carbonyl (C=O) groups is 1. The molecule has 0 saturated heterocycles. The minimum atomic E-state index is -3.44. The average Bonchev–Trinajstić information content (AvgIpc) is 3.04. The van der Waals surface area contributed by atoms with Crippen LogP contribution in [0.2, 0.25) is 0 Å². The quantitative estimate of drug-likeness (QED) is 0.722. The van der Waals surface area contributed by atoms with Crippen molar-refractivity contribution in [1.29, 1.82) is 0 Å². The van der Waals surface area contributed by atoms with Gasteiger partial charge in [0.2, 0.25) is 15.9 Å².